The molecule has 25 heavy (non-hydrogen) atoms. The average molecular weight is 344 g/mol. The number of nitrogens with zero attached hydrogens (tertiary/aromatic N) is 3. The lowest BCUT2D eigenvalue weighted by molar-refractivity contribution is -0.136. The zero-order valence-electron chi connectivity index (χ0n) is 15.2. The molecule has 0 aromatic carbocycles. The van der Waals surface area contributed by atoms with Gasteiger partial charge in [-0.15, -0.1) is 0 Å². The number of piperidine rings is 1. The first-order valence-electron chi connectivity index (χ1n) is 9.37. The van der Waals surface area contributed by atoms with Gasteiger partial charge in [-0.05, 0) is 43.7 Å². The lowest BCUT2D eigenvalue weighted by Crippen LogP contribution is -2.48. The summed E-state index contributed by atoms with van der Waals surface area (Å²) in [6.07, 6.45) is 6.93. The molecule has 0 saturated carbocycles. The summed E-state index contributed by atoms with van der Waals surface area (Å²) < 4.78 is 0. The molecule has 3 heterocycles. The topological polar surface area (TPSA) is 65.5 Å². The van der Waals surface area contributed by atoms with Crippen molar-refractivity contribution in [1.82, 2.24) is 9.88 Å². The highest BCUT2D eigenvalue weighted by Gasteiger charge is 2.35. The third-order valence-electron chi connectivity index (χ3n) is 5.07. The first kappa shape index (κ1) is 17.7. The van der Waals surface area contributed by atoms with Crippen LogP contribution in [0.25, 0.3) is 0 Å². The minimum Gasteiger partial charge on any atom is -0.370 e. The Balaban J connectivity index is 1.65. The molecule has 1 N–H and O–H groups in total. The van der Waals surface area contributed by atoms with E-state index in [4.69, 9.17) is 0 Å². The predicted octanol–water partition coefficient (Wildman–Crippen LogP) is 2.66. The van der Waals surface area contributed by atoms with Gasteiger partial charge in [0.05, 0.1) is 11.9 Å². The van der Waals surface area contributed by atoms with Crippen LogP contribution in [0, 0.1) is 5.92 Å². The van der Waals surface area contributed by atoms with Gasteiger partial charge in [0, 0.05) is 26.1 Å². The lowest BCUT2D eigenvalue weighted by atomic mass is 10.0. The number of carbonyl (C=O) groups is 2. The van der Waals surface area contributed by atoms with E-state index < -0.39 is 6.04 Å². The van der Waals surface area contributed by atoms with Crippen LogP contribution in [-0.2, 0) is 9.59 Å². The molecule has 1 atom stereocenters. The van der Waals surface area contributed by atoms with Crippen LogP contribution in [0.4, 0.5) is 11.5 Å². The van der Waals surface area contributed by atoms with Gasteiger partial charge in [0.2, 0.25) is 11.8 Å². The number of rotatable bonds is 5. The maximum absolute atomic E-state index is 12.7. The first-order chi connectivity index (χ1) is 12.1. The Labute approximate surface area is 149 Å². The van der Waals surface area contributed by atoms with Gasteiger partial charge < -0.3 is 15.1 Å². The van der Waals surface area contributed by atoms with Crippen LogP contribution in [-0.4, -0.2) is 47.4 Å². The molecule has 0 bridgehead atoms. The Morgan fingerprint density at radius 2 is 1.88 bits per heavy atom. The quantitative estimate of drug-likeness (QED) is 0.892. The Morgan fingerprint density at radius 1 is 1.12 bits per heavy atom. The number of nitrogens with one attached hydrogen (secondary N) is 1. The van der Waals surface area contributed by atoms with Crippen molar-refractivity contribution in [2.75, 3.05) is 29.9 Å². The second-order valence-electron chi connectivity index (χ2n) is 7.32. The van der Waals surface area contributed by atoms with Crippen molar-refractivity contribution in [1.29, 1.82) is 0 Å². The van der Waals surface area contributed by atoms with Crippen LogP contribution in [0.2, 0.25) is 0 Å². The van der Waals surface area contributed by atoms with Gasteiger partial charge in [-0.1, -0.05) is 13.8 Å². The minimum atomic E-state index is -0.432. The van der Waals surface area contributed by atoms with Gasteiger partial charge in [-0.25, -0.2) is 4.98 Å². The van der Waals surface area contributed by atoms with Crippen molar-refractivity contribution in [3.8, 4) is 0 Å². The fraction of sp³-hybridized carbons (Fsp3) is 0.632. The molecule has 0 unspecified atom stereocenters. The lowest BCUT2D eigenvalue weighted by Gasteiger charge is -2.30. The zero-order valence-corrected chi connectivity index (χ0v) is 15.2. The molecule has 1 aromatic rings. The number of hydrogen-bond donors (Lipinski definition) is 1. The second kappa shape index (κ2) is 7.85. The van der Waals surface area contributed by atoms with Crippen molar-refractivity contribution < 1.29 is 9.59 Å². The summed E-state index contributed by atoms with van der Waals surface area (Å²) in [5.74, 6) is 0.531. The van der Waals surface area contributed by atoms with Gasteiger partial charge in [0.25, 0.3) is 0 Å². The van der Waals surface area contributed by atoms with E-state index in [1.165, 1.54) is 19.3 Å². The molecule has 1 aromatic heterocycles. The van der Waals surface area contributed by atoms with Gasteiger partial charge in [-0.3, -0.25) is 9.59 Å². The highest BCUT2D eigenvalue weighted by atomic mass is 16.2. The van der Waals surface area contributed by atoms with Crippen LogP contribution in [0.3, 0.4) is 0 Å². The predicted molar refractivity (Wildman–Crippen MR) is 98.5 cm³/mol. The van der Waals surface area contributed by atoms with Crippen LogP contribution in [0.15, 0.2) is 18.3 Å². The Hall–Kier alpha value is -2.11. The SMILES string of the molecule is CC(C)[C@@H](C(=O)Nc1ccc(N2CCCCC2)cn1)N1CCCC1=O. The van der Waals surface area contributed by atoms with Gasteiger partial charge in [0.15, 0.2) is 0 Å². The Bertz CT molecular complexity index is 608. The molecular weight excluding hydrogens is 316 g/mol. The Kier molecular flexibility index (Phi) is 5.56. The fourth-order valence-corrected chi connectivity index (χ4v) is 3.77. The van der Waals surface area contributed by atoms with E-state index in [0.29, 0.717) is 18.8 Å². The Morgan fingerprint density at radius 3 is 2.44 bits per heavy atom. The standard InChI is InChI=1S/C19H28N4O2/c1-14(2)18(23-12-6-7-17(23)24)19(25)21-16-9-8-15(13-20-16)22-10-4-3-5-11-22/h8-9,13-14,18H,3-7,10-12H2,1-2H3,(H,20,21,25)/t18-/m0/s1. The molecule has 2 amide bonds. The van der Waals surface area contributed by atoms with Gasteiger partial charge in [-0.2, -0.15) is 0 Å². The fourth-order valence-electron chi connectivity index (χ4n) is 3.77. The summed E-state index contributed by atoms with van der Waals surface area (Å²) in [5, 5.41) is 2.89. The van der Waals surface area contributed by atoms with Crippen molar-refractivity contribution in [3.05, 3.63) is 18.3 Å². The highest BCUT2D eigenvalue weighted by molar-refractivity contribution is 5.97. The van der Waals surface area contributed by atoms with Crippen molar-refractivity contribution in [3.63, 3.8) is 0 Å². The van der Waals surface area contributed by atoms with Crippen LogP contribution < -0.4 is 10.2 Å². The number of carbonyl (C=O) groups excluding carboxylic acids is 2. The summed E-state index contributed by atoms with van der Waals surface area (Å²) in [4.78, 5) is 33.2. The summed E-state index contributed by atoms with van der Waals surface area (Å²) in [6.45, 7) is 6.75. The largest absolute Gasteiger partial charge is 0.370 e. The average Bonchev–Trinajstić information content (AvgIpc) is 3.02. The first-order valence-corrected chi connectivity index (χ1v) is 9.37. The maximum atomic E-state index is 12.7. The molecule has 3 rings (SSSR count). The third-order valence-corrected chi connectivity index (χ3v) is 5.07. The van der Waals surface area contributed by atoms with E-state index in [9.17, 15) is 9.59 Å². The molecule has 2 fully saturated rings. The van der Waals surface area contributed by atoms with Crippen LogP contribution >= 0.6 is 0 Å². The molecule has 0 spiro atoms. The van der Waals surface area contributed by atoms with E-state index in [1.807, 2.05) is 32.2 Å². The molecule has 0 aliphatic carbocycles. The zero-order chi connectivity index (χ0) is 17.8. The van der Waals surface area contributed by atoms with Crippen LogP contribution in [0.1, 0.15) is 46.0 Å². The number of anilines is 2. The maximum Gasteiger partial charge on any atom is 0.248 e. The molecule has 2 saturated heterocycles. The molecule has 136 valence electrons. The summed E-state index contributed by atoms with van der Waals surface area (Å²) in [7, 11) is 0. The van der Waals surface area contributed by atoms with Crippen molar-refractivity contribution in [2.45, 2.75) is 52.0 Å². The second-order valence-corrected chi connectivity index (χ2v) is 7.32. The third kappa shape index (κ3) is 4.11. The van der Waals surface area contributed by atoms with Gasteiger partial charge in [0.1, 0.15) is 11.9 Å². The normalized spacial score (nSPS) is 19.4. The van der Waals surface area contributed by atoms with E-state index in [1.54, 1.807) is 4.90 Å². The smallest absolute Gasteiger partial charge is 0.248 e. The summed E-state index contributed by atoms with van der Waals surface area (Å²) in [6, 6.07) is 3.43. The molecule has 0 radical (unpaired) electrons. The van der Waals surface area contributed by atoms with E-state index in [-0.39, 0.29) is 17.7 Å². The van der Waals surface area contributed by atoms with E-state index in [0.717, 1.165) is 25.2 Å². The number of pyridine rings is 1. The van der Waals surface area contributed by atoms with Crippen molar-refractivity contribution in [2.24, 2.45) is 5.92 Å². The highest BCUT2D eigenvalue weighted by Crippen LogP contribution is 2.22. The number of aromatic nitrogens is 1. The molecule has 2 aliphatic heterocycles. The molecule has 6 nitrogen and oxygen atoms in total. The number of amides is 2. The summed E-state index contributed by atoms with van der Waals surface area (Å²) >= 11 is 0. The monoisotopic (exact) mass is 344 g/mol. The van der Waals surface area contributed by atoms with E-state index >= 15 is 0 Å². The van der Waals surface area contributed by atoms with Gasteiger partial charge >= 0.3 is 0 Å². The molecule has 2 aliphatic rings. The molecular formula is C19H28N4O2. The van der Waals surface area contributed by atoms with E-state index in [2.05, 4.69) is 15.2 Å². The number of hydrogen-bond acceptors (Lipinski definition) is 4. The minimum absolute atomic E-state index is 0.0645. The summed E-state index contributed by atoms with van der Waals surface area (Å²) in [5.41, 5.74) is 1.10. The van der Waals surface area contributed by atoms with Crippen molar-refractivity contribution >= 4 is 23.3 Å². The number of likely N-dealkylation sites (tertiary alicyclic amines) is 1. The molecule has 6 heteroatoms. The van der Waals surface area contributed by atoms with Crippen LogP contribution in [0.5, 0.6) is 0 Å².